The number of benzene rings is 1. The molecule has 0 saturated heterocycles. The average Bonchev–Trinajstić information content (AvgIpc) is 2.83. The topological polar surface area (TPSA) is 79.8 Å². The Kier molecular flexibility index (Phi) is 7.88. The van der Waals surface area contributed by atoms with E-state index in [0.29, 0.717) is 22.8 Å². The van der Waals surface area contributed by atoms with Crippen LogP contribution in [-0.2, 0) is 12.4 Å². The molecule has 0 spiro atoms. The fourth-order valence-electron chi connectivity index (χ4n) is 3.13. The van der Waals surface area contributed by atoms with Crippen LogP contribution in [0.15, 0.2) is 60.9 Å². The van der Waals surface area contributed by atoms with E-state index in [9.17, 15) is 31.1 Å². The Hall–Kier alpha value is -4.06. The molecule has 0 radical (unpaired) electrons. The van der Waals surface area contributed by atoms with Crippen molar-refractivity contribution in [3.05, 3.63) is 77.6 Å². The first kappa shape index (κ1) is 26.5. The summed E-state index contributed by atoms with van der Waals surface area (Å²) in [7, 11) is 3.75. The van der Waals surface area contributed by atoms with Crippen molar-refractivity contribution in [2.24, 2.45) is 0 Å². The molecule has 0 unspecified atom stereocenters. The van der Waals surface area contributed by atoms with Gasteiger partial charge in [-0.05, 0) is 62.6 Å². The largest absolute Gasteiger partial charge is 0.418 e. The molecular weight excluding hydrogens is 488 g/mol. The summed E-state index contributed by atoms with van der Waals surface area (Å²) in [4.78, 5) is 22.9. The smallest absolute Gasteiger partial charge is 0.355 e. The summed E-state index contributed by atoms with van der Waals surface area (Å²) in [6.45, 7) is 0. The number of alkyl halides is 6. The number of carbonyl (C=O) groups excluding carboxylic acids is 1. The van der Waals surface area contributed by atoms with Crippen LogP contribution in [-0.4, -0.2) is 35.3 Å². The molecule has 6 nitrogen and oxygen atoms in total. The number of carbonyl (C=O) groups is 1. The molecule has 0 saturated carbocycles. The number of nitrogens with one attached hydrogen (secondary N) is 2. The second-order valence-corrected chi connectivity index (χ2v) is 7.41. The van der Waals surface area contributed by atoms with Gasteiger partial charge in [0.05, 0.1) is 22.5 Å². The molecule has 36 heavy (non-hydrogen) atoms. The number of anilines is 2. The third kappa shape index (κ3) is 6.13. The van der Waals surface area contributed by atoms with E-state index in [4.69, 9.17) is 0 Å². The van der Waals surface area contributed by atoms with Crippen molar-refractivity contribution >= 4 is 28.7 Å². The van der Waals surface area contributed by atoms with Crippen molar-refractivity contribution in [2.75, 3.05) is 19.4 Å². The van der Waals surface area contributed by atoms with Gasteiger partial charge in [-0.15, -0.1) is 0 Å². The summed E-state index contributed by atoms with van der Waals surface area (Å²) < 4.78 is 78.7. The summed E-state index contributed by atoms with van der Waals surface area (Å²) in [5, 5.41) is 6.13. The van der Waals surface area contributed by atoms with E-state index in [0.717, 1.165) is 18.3 Å². The average molecular weight is 507 g/mol. The maximum atomic E-state index is 13.5. The van der Waals surface area contributed by atoms with E-state index in [-0.39, 0.29) is 23.2 Å². The van der Waals surface area contributed by atoms with Crippen LogP contribution in [0.2, 0.25) is 0 Å². The number of hydrogen-bond donors (Lipinski definition) is 2. The molecule has 12 heteroatoms. The van der Waals surface area contributed by atoms with Gasteiger partial charge in [-0.1, -0.05) is 0 Å². The Labute approximate surface area is 201 Å². The predicted octanol–water partition coefficient (Wildman–Crippen LogP) is 6.12. The lowest BCUT2D eigenvalue weighted by molar-refractivity contribution is -0.138. The lowest BCUT2D eigenvalue weighted by Gasteiger charge is -2.13. The van der Waals surface area contributed by atoms with E-state index in [1.807, 2.05) is 14.1 Å². The molecule has 3 heterocycles. The molecule has 1 aromatic carbocycles. The lowest BCUT2D eigenvalue weighted by atomic mass is 10.1. The van der Waals surface area contributed by atoms with Crippen molar-refractivity contribution in [1.82, 2.24) is 20.3 Å². The minimum atomic E-state index is -4.77. The van der Waals surface area contributed by atoms with Gasteiger partial charge in [0.15, 0.2) is 11.9 Å². The molecule has 0 amide bonds. The van der Waals surface area contributed by atoms with Crippen LogP contribution in [0.25, 0.3) is 22.4 Å². The monoisotopic (exact) mass is 507 g/mol. The summed E-state index contributed by atoms with van der Waals surface area (Å²) in [5.41, 5.74) is -1.80. The predicted molar refractivity (Wildman–Crippen MR) is 123 cm³/mol. The van der Waals surface area contributed by atoms with Gasteiger partial charge in [-0.25, -0.2) is 9.97 Å². The van der Waals surface area contributed by atoms with Crippen LogP contribution in [0.3, 0.4) is 0 Å². The Morgan fingerprint density at radius 2 is 1.53 bits per heavy atom. The van der Waals surface area contributed by atoms with Gasteiger partial charge in [0.25, 0.3) is 0 Å². The Balaban J connectivity index is 0.00000115. The van der Waals surface area contributed by atoms with Gasteiger partial charge in [0, 0.05) is 29.0 Å². The van der Waals surface area contributed by atoms with E-state index < -0.39 is 29.2 Å². The summed E-state index contributed by atoms with van der Waals surface area (Å²) in [6.07, 6.45) is -6.59. The van der Waals surface area contributed by atoms with Crippen LogP contribution in [0.5, 0.6) is 0 Å². The fraction of sp³-hybridized carbons (Fsp3) is 0.167. The van der Waals surface area contributed by atoms with Gasteiger partial charge >= 0.3 is 12.4 Å². The van der Waals surface area contributed by atoms with Gasteiger partial charge in [0.2, 0.25) is 0 Å². The molecule has 0 aliphatic heterocycles. The van der Waals surface area contributed by atoms with Crippen molar-refractivity contribution in [1.29, 1.82) is 0 Å². The number of hydrogen-bond acceptors (Lipinski definition) is 6. The SMILES string of the molecule is CNC.O=Cc1cnc(-c2ccc3c(Nc4ccc(C(F)(F)F)cc4)ccnc3n2)c(C(F)(F)F)c1. The first-order valence-corrected chi connectivity index (χ1v) is 10.3. The zero-order valence-corrected chi connectivity index (χ0v) is 18.9. The van der Waals surface area contributed by atoms with Crippen molar-refractivity contribution in [2.45, 2.75) is 12.4 Å². The number of pyridine rings is 3. The summed E-state index contributed by atoms with van der Waals surface area (Å²) in [5.74, 6) is 0. The Morgan fingerprint density at radius 3 is 2.11 bits per heavy atom. The van der Waals surface area contributed by atoms with Gasteiger partial charge in [0.1, 0.15) is 5.69 Å². The number of fused-ring (bicyclic) bond motifs is 1. The first-order chi connectivity index (χ1) is 17.0. The van der Waals surface area contributed by atoms with Gasteiger partial charge in [-0.2, -0.15) is 26.3 Å². The van der Waals surface area contributed by atoms with Crippen LogP contribution >= 0.6 is 0 Å². The summed E-state index contributed by atoms with van der Waals surface area (Å²) in [6, 6.07) is 9.41. The number of nitrogens with zero attached hydrogens (tertiary/aromatic N) is 3. The first-order valence-electron chi connectivity index (χ1n) is 10.3. The number of rotatable bonds is 4. The molecule has 3 aromatic heterocycles. The normalized spacial score (nSPS) is 11.6. The Bertz CT molecular complexity index is 1350. The Morgan fingerprint density at radius 1 is 0.861 bits per heavy atom. The molecule has 0 fully saturated rings. The molecule has 4 aromatic rings. The molecule has 0 aliphatic rings. The third-order valence-electron chi connectivity index (χ3n) is 4.69. The van der Waals surface area contributed by atoms with Gasteiger partial charge in [-0.3, -0.25) is 9.78 Å². The maximum Gasteiger partial charge on any atom is 0.418 e. The third-order valence-corrected chi connectivity index (χ3v) is 4.69. The second-order valence-electron chi connectivity index (χ2n) is 7.41. The molecule has 2 N–H and O–H groups in total. The van der Waals surface area contributed by atoms with Gasteiger partial charge < -0.3 is 10.6 Å². The van der Waals surface area contributed by atoms with Crippen molar-refractivity contribution in [3.63, 3.8) is 0 Å². The van der Waals surface area contributed by atoms with E-state index >= 15 is 0 Å². The van der Waals surface area contributed by atoms with Crippen molar-refractivity contribution in [3.8, 4) is 11.4 Å². The zero-order valence-electron chi connectivity index (χ0n) is 18.9. The minimum Gasteiger partial charge on any atom is -0.355 e. The van der Waals surface area contributed by atoms with Crippen LogP contribution in [0.4, 0.5) is 37.7 Å². The molecule has 0 bridgehead atoms. The maximum absolute atomic E-state index is 13.5. The highest BCUT2D eigenvalue weighted by Crippen LogP contribution is 2.37. The molecule has 0 atom stereocenters. The quantitative estimate of drug-likeness (QED) is 0.256. The lowest BCUT2D eigenvalue weighted by Crippen LogP contribution is -2.10. The van der Waals surface area contributed by atoms with E-state index in [1.54, 1.807) is 6.07 Å². The number of aromatic nitrogens is 3. The number of halogens is 6. The van der Waals surface area contributed by atoms with E-state index in [1.165, 1.54) is 30.5 Å². The van der Waals surface area contributed by atoms with Crippen molar-refractivity contribution < 1.29 is 31.1 Å². The van der Waals surface area contributed by atoms with Crippen LogP contribution in [0.1, 0.15) is 21.5 Å². The molecule has 4 rings (SSSR count). The highest BCUT2D eigenvalue weighted by molar-refractivity contribution is 5.92. The van der Waals surface area contributed by atoms with Crippen LogP contribution in [0, 0.1) is 0 Å². The highest BCUT2D eigenvalue weighted by Gasteiger charge is 2.35. The fourth-order valence-corrected chi connectivity index (χ4v) is 3.13. The standard InChI is InChI=1S/C22H12F6N4O.C2H7N/c23-21(24,25)13-1-3-14(4-2-13)31-17-7-8-29-20-15(17)5-6-18(32-20)19-16(22(26,27)28)9-12(11-33)10-30-19;1-3-2/h1-11H,(H,29,31,32);3H,1-2H3. The second kappa shape index (κ2) is 10.7. The zero-order chi connectivity index (χ0) is 26.5. The molecule has 0 aliphatic carbocycles. The van der Waals surface area contributed by atoms with E-state index in [2.05, 4.69) is 25.6 Å². The molecular formula is C24H19F6N5O. The molecule has 188 valence electrons. The van der Waals surface area contributed by atoms with Crippen LogP contribution < -0.4 is 10.6 Å². The minimum absolute atomic E-state index is 0.0961. The summed E-state index contributed by atoms with van der Waals surface area (Å²) >= 11 is 0. The number of aldehydes is 1. The highest BCUT2D eigenvalue weighted by atomic mass is 19.4.